The monoisotopic (exact) mass is 350 g/mol. The van der Waals surface area contributed by atoms with E-state index in [0.29, 0.717) is 19.5 Å². The highest BCUT2D eigenvalue weighted by Gasteiger charge is 2.19. The van der Waals surface area contributed by atoms with Crippen LogP contribution in [0.3, 0.4) is 0 Å². The molecular formula is C14H20ClFN2O3S. The first-order valence-electron chi connectivity index (χ1n) is 6.83. The van der Waals surface area contributed by atoms with Crippen LogP contribution in [0.4, 0.5) is 4.39 Å². The molecule has 1 N–H and O–H groups in total. The van der Waals surface area contributed by atoms with E-state index in [2.05, 4.69) is 5.32 Å². The molecule has 0 unspecified atom stereocenters. The Kier molecular flexibility index (Phi) is 6.77. The molecule has 22 heavy (non-hydrogen) atoms. The van der Waals surface area contributed by atoms with Gasteiger partial charge >= 0.3 is 0 Å². The smallest absolute Gasteiger partial charge is 0.252 e. The van der Waals surface area contributed by atoms with Crippen LogP contribution < -0.4 is 5.32 Å². The van der Waals surface area contributed by atoms with E-state index in [1.807, 2.05) is 0 Å². The van der Waals surface area contributed by atoms with Gasteiger partial charge in [-0.3, -0.25) is 4.79 Å². The molecular weight excluding hydrogens is 331 g/mol. The van der Waals surface area contributed by atoms with Crippen molar-refractivity contribution in [2.45, 2.75) is 26.3 Å². The first kappa shape index (κ1) is 18.9. The Morgan fingerprint density at radius 3 is 2.55 bits per heavy atom. The van der Waals surface area contributed by atoms with Crippen molar-refractivity contribution in [1.82, 2.24) is 9.62 Å². The molecule has 1 rings (SSSR count). The van der Waals surface area contributed by atoms with Crippen LogP contribution in [-0.4, -0.2) is 44.0 Å². The van der Waals surface area contributed by atoms with Gasteiger partial charge in [-0.2, -0.15) is 4.31 Å². The number of amides is 1. The molecule has 0 aliphatic carbocycles. The van der Waals surface area contributed by atoms with E-state index in [0.717, 1.165) is 18.4 Å². The van der Waals surface area contributed by atoms with E-state index < -0.39 is 21.7 Å². The van der Waals surface area contributed by atoms with E-state index in [1.165, 1.54) is 10.4 Å². The van der Waals surface area contributed by atoms with Crippen molar-refractivity contribution in [2.24, 2.45) is 0 Å². The molecule has 0 heterocycles. The molecule has 1 amide bonds. The molecule has 1 aromatic carbocycles. The van der Waals surface area contributed by atoms with Crippen LogP contribution in [0.25, 0.3) is 0 Å². The van der Waals surface area contributed by atoms with E-state index in [9.17, 15) is 17.6 Å². The Bertz CT molecular complexity index is 635. The summed E-state index contributed by atoms with van der Waals surface area (Å²) < 4.78 is 37.4. The predicted octanol–water partition coefficient (Wildman–Crippen LogP) is 2.27. The summed E-state index contributed by atoms with van der Waals surface area (Å²) in [5, 5.41) is 2.68. The summed E-state index contributed by atoms with van der Waals surface area (Å²) in [5.74, 6) is -0.928. The van der Waals surface area contributed by atoms with Crippen LogP contribution in [-0.2, 0) is 10.0 Å². The molecule has 5 nitrogen and oxygen atoms in total. The molecule has 0 saturated heterocycles. The van der Waals surface area contributed by atoms with Gasteiger partial charge in [0.2, 0.25) is 10.0 Å². The van der Waals surface area contributed by atoms with Crippen molar-refractivity contribution >= 4 is 27.5 Å². The van der Waals surface area contributed by atoms with Gasteiger partial charge in [-0.25, -0.2) is 12.8 Å². The Labute approximate surface area is 135 Å². The van der Waals surface area contributed by atoms with Crippen molar-refractivity contribution in [2.75, 3.05) is 19.3 Å². The van der Waals surface area contributed by atoms with Gasteiger partial charge in [0, 0.05) is 19.1 Å². The maximum atomic E-state index is 12.9. The third-order valence-corrected chi connectivity index (χ3v) is 4.79. The summed E-state index contributed by atoms with van der Waals surface area (Å²) >= 11 is 5.80. The standard InChI is InChI=1S/C14H20ClFN2O3S/c1-10(2)18(22(3,20)21)8-4-7-17-14(19)12-6-5-11(16)9-13(12)15/h5-6,9-10H,4,7-8H2,1-3H3,(H,17,19). The fourth-order valence-electron chi connectivity index (χ4n) is 2.01. The van der Waals surface area contributed by atoms with Gasteiger partial charge in [0.25, 0.3) is 5.91 Å². The molecule has 0 atom stereocenters. The molecule has 0 aliphatic heterocycles. The second-order valence-corrected chi connectivity index (χ2v) is 7.54. The Hall–Kier alpha value is -1.18. The zero-order valence-corrected chi connectivity index (χ0v) is 14.3. The molecule has 0 fully saturated rings. The van der Waals surface area contributed by atoms with Gasteiger partial charge in [0.15, 0.2) is 0 Å². The lowest BCUT2D eigenvalue weighted by atomic mass is 10.2. The largest absolute Gasteiger partial charge is 0.352 e. The van der Waals surface area contributed by atoms with Crippen molar-refractivity contribution in [3.63, 3.8) is 0 Å². The molecule has 8 heteroatoms. The SMILES string of the molecule is CC(C)N(CCCNC(=O)c1ccc(F)cc1Cl)S(C)(=O)=O. The number of rotatable bonds is 7. The van der Waals surface area contributed by atoms with Gasteiger partial charge in [-0.15, -0.1) is 0 Å². The summed E-state index contributed by atoms with van der Waals surface area (Å²) in [7, 11) is -3.27. The predicted molar refractivity (Wildman–Crippen MR) is 85.0 cm³/mol. The molecule has 0 radical (unpaired) electrons. The van der Waals surface area contributed by atoms with Crippen molar-refractivity contribution in [3.05, 3.63) is 34.6 Å². The molecule has 0 spiro atoms. The van der Waals surface area contributed by atoms with E-state index >= 15 is 0 Å². The highest BCUT2D eigenvalue weighted by molar-refractivity contribution is 7.88. The second kappa shape index (κ2) is 7.89. The van der Waals surface area contributed by atoms with Gasteiger partial charge in [-0.05, 0) is 38.5 Å². The number of hydrogen-bond donors (Lipinski definition) is 1. The first-order valence-corrected chi connectivity index (χ1v) is 9.05. The summed E-state index contributed by atoms with van der Waals surface area (Å²) in [6.07, 6.45) is 1.62. The number of nitrogens with one attached hydrogen (secondary N) is 1. The Morgan fingerprint density at radius 1 is 1.41 bits per heavy atom. The minimum Gasteiger partial charge on any atom is -0.352 e. The highest BCUT2D eigenvalue weighted by Crippen LogP contribution is 2.17. The lowest BCUT2D eigenvalue weighted by Crippen LogP contribution is -2.38. The molecule has 1 aromatic rings. The van der Waals surface area contributed by atoms with Crippen LogP contribution in [0.5, 0.6) is 0 Å². The molecule has 124 valence electrons. The number of hydrogen-bond acceptors (Lipinski definition) is 3. The molecule has 0 aliphatic rings. The minimum atomic E-state index is -3.27. The van der Waals surface area contributed by atoms with Gasteiger partial charge in [0.05, 0.1) is 16.8 Å². The van der Waals surface area contributed by atoms with E-state index in [1.54, 1.807) is 13.8 Å². The number of carbonyl (C=O) groups excluding carboxylic acids is 1. The zero-order valence-electron chi connectivity index (χ0n) is 12.8. The number of carbonyl (C=O) groups is 1. The molecule has 0 aromatic heterocycles. The van der Waals surface area contributed by atoms with Crippen LogP contribution in [0.2, 0.25) is 5.02 Å². The van der Waals surface area contributed by atoms with E-state index in [4.69, 9.17) is 11.6 Å². The number of sulfonamides is 1. The molecule has 0 bridgehead atoms. The maximum absolute atomic E-state index is 12.9. The summed E-state index contributed by atoms with van der Waals surface area (Å²) in [5.41, 5.74) is 0.187. The average Bonchev–Trinajstić information content (AvgIpc) is 2.35. The molecule has 0 saturated carbocycles. The van der Waals surface area contributed by atoms with Gasteiger partial charge in [-0.1, -0.05) is 11.6 Å². The zero-order chi connectivity index (χ0) is 16.9. The van der Waals surface area contributed by atoms with Crippen LogP contribution in [0, 0.1) is 5.82 Å². The lowest BCUT2D eigenvalue weighted by molar-refractivity contribution is 0.0952. The Balaban J connectivity index is 2.52. The maximum Gasteiger partial charge on any atom is 0.252 e. The van der Waals surface area contributed by atoms with Crippen molar-refractivity contribution in [3.8, 4) is 0 Å². The average molecular weight is 351 g/mol. The van der Waals surface area contributed by atoms with Gasteiger partial charge < -0.3 is 5.32 Å². The van der Waals surface area contributed by atoms with E-state index in [-0.39, 0.29) is 16.6 Å². The summed E-state index contributed by atoms with van der Waals surface area (Å²) in [4.78, 5) is 11.9. The van der Waals surface area contributed by atoms with Crippen LogP contribution in [0.1, 0.15) is 30.6 Å². The third kappa shape index (κ3) is 5.55. The first-order chi connectivity index (χ1) is 10.1. The normalized spacial score (nSPS) is 12.0. The van der Waals surface area contributed by atoms with Crippen LogP contribution >= 0.6 is 11.6 Å². The number of halogens is 2. The number of nitrogens with zero attached hydrogens (tertiary/aromatic N) is 1. The van der Waals surface area contributed by atoms with Crippen molar-refractivity contribution < 1.29 is 17.6 Å². The fraction of sp³-hybridized carbons (Fsp3) is 0.500. The Morgan fingerprint density at radius 2 is 2.05 bits per heavy atom. The van der Waals surface area contributed by atoms with Gasteiger partial charge in [0.1, 0.15) is 5.82 Å². The number of benzene rings is 1. The second-order valence-electron chi connectivity index (χ2n) is 5.20. The fourth-order valence-corrected chi connectivity index (χ4v) is 3.49. The highest BCUT2D eigenvalue weighted by atomic mass is 35.5. The van der Waals surface area contributed by atoms with Crippen molar-refractivity contribution in [1.29, 1.82) is 0 Å². The summed E-state index contributed by atoms with van der Waals surface area (Å²) in [6, 6.07) is 3.40. The third-order valence-electron chi connectivity index (χ3n) is 3.02. The lowest BCUT2D eigenvalue weighted by Gasteiger charge is -2.23. The topological polar surface area (TPSA) is 66.5 Å². The minimum absolute atomic E-state index is 0.0393. The quantitative estimate of drug-likeness (QED) is 0.767. The van der Waals surface area contributed by atoms with Crippen LogP contribution in [0.15, 0.2) is 18.2 Å². The summed E-state index contributed by atoms with van der Waals surface area (Å²) in [6.45, 7) is 4.19.